The fourth-order valence-corrected chi connectivity index (χ4v) is 2.92. The minimum atomic E-state index is 0.685. The molecule has 1 aromatic rings. The van der Waals surface area contributed by atoms with Gasteiger partial charge in [-0.15, -0.1) is 0 Å². The summed E-state index contributed by atoms with van der Waals surface area (Å²) in [4.78, 5) is 2.62. The van der Waals surface area contributed by atoms with Gasteiger partial charge in [-0.05, 0) is 45.2 Å². The number of benzene rings is 1. The molecular formula is C17H28N2. The molecule has 19 heavy (non-hydrogen) atoms. The van der Waals surface area contributed by atoms with Crippen molar-refractivity contribution in [1.29, 1.82) is 0 Å². The maximum absolute atomic E-state index is 3.67. The van der Waals surface area contributed by atoms with Crippen molar-refractivity contribution in [2.24, 2.45) is 0 Å². The second-order valence-electron chi connectivity index (χ2n) is 5.98. The first-order valence-electron chi connectivity index (χ1n) is 7.72. The van der Waals surface area contributed by atoms with E-state index in [1.807, 2.05) is 0 Å². The van der Waals surface area contributed by atoms with E-state index in [9.17, 15) is 0 Å². The van der Waals surface area contributed by atoms with E-state index in [1.54, 1.807) is 0 Å². The second kappa shape index (κ2) is 7.06. The number of hydrogen-bond acceptors (Lipinski definition) is 2. The summed E-state index contributed by atoms with van der Waals surface area (Å²) in [6.07, 6.45) is 3.81. The molecule has 2 heteroatoms. The summed E-state index contributed by atoms with van der Waals surface area (Å²) in [5.74, 6) is 0. The average Bonchev–Trinajstić information content (AvgIpc) is 2.41. The van der Waals surface area contributed by atoms with Crippen LogP contribution in [0.15, 0.2) is 24.3 Å². The van der Waals surface area contributed by atoms with Crippen LogP contribution in [0.1, 0.15) is 44.2 Å². The Morgan fingerprint density at radius 1 is 1.26 bits per heavy atom. The smallest absolute Gasteiger partial charge is 0.0236 e. The van der Waals surface area contributed by atoms with Crippen molar-refractivity contribution in [3.63, 3.8) is 0 Å². The van der Waals surface area contributed by atoms with Crippen LogP contribution in [0.5, 0.6) is 0 Å². The predicted octanol–water partition coefficient (Wildman–Crippen LogP) is 3.35. The molecule has 0 amide bonds. The van der Waals surface area contributed by atoms with Gasteiger partial charge in [0.05, 0.1) is 0 Å². The molecule has 0 aromatic heterocycles. The van der Waals surface area contributed by atoms with Gasteiger partial charge in [-0.25, -0.2) is 0 Å². The highest BCUT2D eigenvalue weighted by molar-refractivity contribution is 5.21. The fraction of sp³-hybridized carbons (Fsp3) is 0.647. The lowest BCUT2D eigenvalue weighted by Crippen LogP contribution is -2.47. The van der Waals surface area contributed by atoms with E-state index < -0.39 is 0 Å². The van der Waals surface area contributed by atoms with Crippen molar-refractivity contribution >= 4 is 0 Å². The lowest BCUT2D eigenvalue weighted by Gasteiger charge is -2.38. The first-order valence-corrected chi connectivity index (χ1v) is 7.72. The van der Waals surface area contributed by atoms with Gasteiger partial charge < -0.3 is 5.32 Å². The Bertz CT molecular complexity index is 371. The highest BCUT2D eigenvalue weighted by Crippen LogP contribution is 2.20. The van der Waals surface area contributed by atoms with Gasteiger partial charge in [0.2, 0.25) is 0 Å². The number of nitrogens with zero attached hydrogens (tertiary/aromatic N) is 1. The van der Waals surface area contributed by atoms with Gasteiger partial charge in [-0.1, -0.05) is 36.8 Å². The van der Waals surface area contributed by atoms with Gasteiger partial charge >= 0.3 is 0 Å². The van der Waals surface area contributed by atoms with Crippen LogP contribution >= 0.6 is 0 Å². The molecule has 1 aliphatic heterocycles. The summed E-state index contributed by atoms with van der Waals surface area (Å²) in [5, 5.41) is 3.67. The van der Waals surface area contributed by atoms with Gasteiger partial charge in [0, 0.05) is 25.2 Å². The molecule has 2 unspecified atom stereocenters. The number of rotatable bonds is 5. The Morgan fingerprint density at radius 2 is 2.00 bits per heavy atom. The summed E-state index contributed by atoms with van der Waals surface area (Å²) in [7, 11) is 0. The van der Waals surface area contributed by atoms with Crippen LogP contribution in [0.25, 0.3) is 0 Å². The molecule has 0 spiro atoms. The molecule has 1 saturated heterocycles. The van der Waals surface area contributed by atoms with Gasteiger partial charge in [0.25, 0.3) is 0 Å². The van der Waals surface area contributed by atoms with E-state index in [-0.39, 0.29) is 0 Å². The Morgan fingerprint density at radius 3 is 2.63 bits per heavy atom. The third-order valence-corrected chi connectivity index (χ3v) is 4.20. The quantitative estimate of drug-likeness (QED) is 0.873. The normalized spacial score (nSPS) is 24.6. The molecular weight excluding hydrogens is 232 g/mol. The molecule has 1 aliphatic rings. The summed E-state index contributed by atoms with van der Waals surface area (Å²) < 4.78 is 0. The van der Waals surface area contributed by atoms with Crippen molar-refractivity contribution in [3.05, 3.63) is 35.4 Å². The molecule has 1 N–H and O–H groups in total. The molecule has 1 fully saturated rings. The molecule has 1 heterocycles. The minimum absolute atomic E-state index is 0.685. The third-order valence-electron chi connectivity index (χ3n) is 4.20. The monoisotopic (exact) mass is 260 g/mol. The van der Waals surface area contributed by atoms with Crippen molar-refractivity contribution < 1.29 is 0 Å². The zero-order valence-electron chi connectivity index (χ0n) is 12.7. The molecule has 0 radical (unpaired) electrons. The zero-order valence-corrected chi connectivity index (χ0v) is 12.7. The van der Waals surface area contributed by atoms with Crippen LogP contribution < -0.4 is 5.32 Å². The molecule has 106 valence electrons. The third kappa shape index (κ3) is 4.32. The molecule has 2 rings (SSSR count). The van der Waals surface area contributed by atoms with Crippen LogP contribution in [0, 0.1) is 6.92 Å². The predicted molar refractivity (Wildman–Crippen MR) is 82.4 cm³/mol. The van der Waals surface area contributed by atoms with Gasteiger partial charge in [-0.3, -0.25) is 4.90 Å². The zero-order chi connectivity index (χ0) is 13.7. The molecule has 1 aromatic carbocycles. The van der Waals surface area contributed by atoms with Crippen LogP contribution in [-0.2, 0) is 6.54 Å². The number of nitrogens with one attached hydrogen (secondary N) is 1. The van der Waals surface area contributed by atoms with Crippen molar-refractivity contribution in [2.75, 3.05) is 13.1 Å². The number of likely N-dealkylation sites (tertiary alicyclic amines) is 1. The Kier molecular flexibility index (Phi) is 5.41. The molecule has 0 aliphatic carbocycles. The minimum Gasteiger partial charge on any atom is -0.314 e. The lowest BCUT2D eigenvalue weighted by molar-refractivity contribution is 0.129. The SMILES string of the molecule is CCCNC1CCN(Cc2ccc(C)cc2)C(C)C1. The largest absolute Gasteiger partial charge is 0.314 e. The maximum Gasteiger partial charge on any atom is 0.0236 e. The topological polar surface area (TPSA) is 15.3 Å². The van der Waals surface area contributed by atoms with Crippen LogP contribution in [0.4, 0.5) is 0 Å². The highest BCUT2D eigenvalue weighted by Gasteiger charge is 2.24. The van der Waals surface area contributed by atoms with Crippen LogP contribution in [-0.4, -0.2) is 30.1 Å². The molecule has 2 nitrogen and oxygen atoms in total. The summed E-state index contributed by atoms with van der Waals surface area (Å²) in [6, 6.07) is 10.4. The molecule has 0 saturated carbocycles. The Balaban J connectivity index is 1.84. The standard InChI is InChI=1S/C17H28N2/c1-4-10-18-17-9-11-19(15(3)12-17)13-16-7-5-14(2)6-8-16/h5-8,15,17-18H,4,9-13H2,1-3H3. The average molecular weight is 260 g/mol. The number of hydrogen-bond donors (Lipinski definition) is 1. The number of piperidine rings is 1. The summed E-state index contributed by atoms with van der Waals surface area (Å²) in [6.45, 7) is 10.2. The van der Waals surface area contributed by atoms with Gasteiger partial charge in [0.15, 0.2) is 0 Å². The van der Waals surface area contributed by atoms with Crippen molar-refractivity contribution in [1.82, 2.24) is 10.2 Å². The summed E-state index contributed by atoms with van der Waals surface area (Å²) >= 11 is 0. The molecule has 2 atom stereocenters. The van der Waals surface area contributed by atoms with E-state index in [0.717, 1.165) is 19.1 Å². The van der Waals surface area contributed by atoms with E-state index in [1.165, 1.54) is 36.9 Å². The van der Waals surface area contributed by atoms with Gasteiger partial charge in [0.1, 0.15) is 0 Å². The van der Waals surface area contributed by atoms with E-state index in [4.69, 9.17) is 0 Å². The second-order valence-corrected chi connectivity index (χ2v) is 5.98. The van der Waals surface area contributed by atoms with Crippen molar-refractivity contribution in [3.8, 4) is 0 Å². The first-order chi connectivity index (χ1) is 9.19. The number of aryl methyl sites for hydroxylation is 1. The van der Waals surface area contributed by atoms with Crippen LogP contribution in [0.2, 0.25) is 0 Å². The Labute approximate surface area is 118 Å². The van der Waals surface area contributed by atoms with Crippen LogP contribution in [0.3, 0.4) is 0 Å². The van der Waals surface area contributed by atoms with E-state index in [2.05, 4.69) is 55.3 Å². The first kappa shape index (κ1) is 14.5. The fourth-order valence-electron chi connectivity index (χ4n) is 2.92. The summed E-state index contributed by atoms with van der Waals surface area (Å²) in [5.41, 5.74) is 2.79. The molecule has 0 bridgehead atoms. The lowest BCUT2D eigenvalue weighted by atomic mass is 9.97. The maximum atomic E-state index is 3.67. The van der Waals surface area contributed by atoms with E-state index in [0.29, 0.717) is 6.04 Å². The highest BCUT2D eigenvalue weighted by atomic mass is 15.2. The van der Waals surface area contributed by atoms with Crippen molar-refractivity contribution in [2.45, 2.75) is 58.7 Å². The van der Waals surface area contributed by atoms with E-state index >= 15 is 0 Å². The van der Waals surface area contributed by atoms with Gasteiger partial charge in [-0.2, -0.15) is 0 Å². The Hall–Kier alpha value is -0.860.